The van der Waals surface area contributed by atoms with Gasteiger partial charge in [0.05, 0.1) is 10.6 Å². The first-order valence-corrected chi connectivity index (χ1v) is 8.69. The first kappa shape index (κ1) is 18.0. The molecular weight excluding hydrogens is 376 g/mol. The van der Waals surface area contributed by atoms with Crippen molar-refractivity contribution in [2.45, 2.75) is 0 Å². The zero-order valence-corrected chi connectivity index (χ0v) is 14.9. The van der Waals surface area contributed by atoms with E-state index >= 15 is 0 Å². The SMILES string of the molecule is O=C(O)COc1ccccc1/C=C1/SC(=Nc2cccc(Cl)c2)NC1=O. The van der Waals surface area contributed by atoms with Gasteiger partial charge in [0.1, 0.15) is 5.75 Å². The van der Waals surface area contributed by atoms with Crippen molar-refractivity contribution in [3.63, 3.8) is 0 Å². The number of para-hydroxylation sites is 1. The molecule has 0 aromatic heterocycles. The van der Waals surface area contributed by atoms with Crippen LogP contribution in [-0.4, -0.2) is 28.8 Å². The van der Waals surface area contributed by atoms with E-state index in [1.165, 1.54) is 11.8 Å². The van der Waals surface area contributed by atoms with Crippen molar-refractivity contribution >= 4 is 52.2 Å². The molecule has 3 rings (SSSR count). The number of amidine groups is 1. The predicted molar refractivity (Wildman–Crippen MR) is 102 cm³/mol. The van der Waals surface area contributed by atoms with Crippen LogP contribution in [0.5, 0.6) is 5.75 Å². The summed E-state index contributed by atoms with van der Waals surface area (Å²) in [4.78, 5) is 27.7. The number of benzene rings is 2. The number of carboxylic acid groups (broad SMARTS) is 1. The number of rotatable bonds is 5. The molecule has 0 aliphatic carbocycles. The van der Waals surface area contributed by atoms with Crippen molar-refractivity contribution in [1.82, 2.24) is 5.32 Å². The van der Waals surface area contributed by atoms with Crippen LogP contribution in [0.15, 0.2) is 58.4 Å². The Balaban J connectivity index is 1.82. The molecule has 132 valence electrons. The van der Waals surface area contributed by atoms with Gasteiger partial charge in [-0.2, -0.15) is 0 Å². The fourth-order valence-corrected chi connectivity index (χ4v) is 3.17. The van der Waals surface area contributed by atoms with Gasteiger partial charge in [-0.3, -0.25) is 4.79 Å². The molecule has 26 heavy (non-hydrogen) atoms. The summed E-state index contributed by atoms with van der Waals surface area (Å²) in [6.45, 7) is -0.457. The monoisotopic (exact) mass is 388 g/mol. The summed E-state index contributed by atoms with van der Waals surface area (Å²) in [6, 6.07) is 13.9. The van der Waals surface area contributed by atoms with E-state index in [1.807, 2.05) is 0 Å². The van der Waals surface area contributed by atoms with Crippen LogP contribution in [0.25, 0.3) is 6.08 Å². The molecule has 0 unspecified atom stereocenters. The third-order valence-corrected chi connectivity index (χ3v) is 4.39. The minimum atomic E-state index is -1.07. The number of ether oxygens (including phenoxy) is 1. The number of halogens is 1. The second-order valence-electron chi connectivity index (χ2n) is 5.18. The Morgan fingerprint density at radius 1 is 1.27 bits per heavy atom. The van der Waals surface area contributed by atoms with Crippen LogP contribution in [0, 0.1) is 0 Å². The fraction of sp³-hybridized carbons (Fsp3) is 0.0556. The molecular formula is C18H13ClN2O4S. The Kier molecular flexibility index (Phi) is 5.60. The molecule has 0 atom stereocenters. The standard InChI is InChI=1S/C18H13ClN2O4S/c19-12-5-3-6-13(9-12)20-18-21-17(24)15(26-18)8-11-4-1-2-7-14(11)25-10-16(22)23/h1-9H,10H2,(H,22,23)(H,20,21,24)/b15-8+. The Morgan fingerprint density at radius 2 is 2.08 bits per heavy atom. The molecule has 2 aromatic rings. The molecule has 1 aliphatic rings. The number of amides is 1. The second kappa shape index (κ2) is 8.07. The van der Waals surface area contributed by atoms with Crippen LogP contribution in [0.3, 0.4) is 0 Å². The van der Waals surface area contributed by atoms with Gasteiger partial charge in [-0.25, -0.2) is 9.79 Å². The van der Waals surface area contributed by atoms with Gasteiger partial charge in [0.15, 0.2) is 11.8 Å². The Bertz CT molecular complexity index is 927. The molecule has 6 nitrogen and oxygen atoms in total. The maximum Gasteiger partial charge on any atom is 0.341 e. The lowest BCUT2D eigenvalue weighted by atomic mass is 10.2. The van der Waals surface area contributed by atoms with Crippen molar-refractivity contribution in [1.29, 1.82) is 0 Å². The van der Waals surface area contributed by atoms with Crippen molar-refractivity contribution in [3.8, 4) is 5.75 Å². The highest BCUT2D eigenvalue weighted by atomic mass is 35.5. The number of carbonyl (C=O) groups is 2. The number of carboxylic acids is 1. The van der Waals surface area contributed by atoms with E-state index < -0.39 is 12.6 Å². The molecule has 1 aliphatic heterocycles. The Hall–Kier alpha value is -2.77. The van der Waals surface area contributed by atoms with Crippen molar-refractivity contribution in [2.24, 2.45) is 4.99 Å². The third kappa shape index (κ3) is 4.65. The molecule has 1 saturated heterocycles. The molecule has 2 aromatic carbocycles. The predicted octanol–water partition coefficient (Wildman–Crippen LogP) is 3.70. The van der Waals surface area contributed by atoms with Crippen LogP contribution < -0.4 is 10.1 Å². The molecule has 0 bridgehead atoms. The number of nitrogens with one attached hydrogen (secondary N) is 1. The van der Waals surface area contributed by atoms with Crippen molar-refractivity contribution in [3.05, 3.63) is 64.0 Å². The van der Waals surface area contributed by atoms with E-state index in [-0.39, 0.29) is 5.91 Å². The first-order chi connectivity index (χ1) is 12.5. The second-order valence-corrected chi connectivity index (χ2v) is 6.65. The summed E-state index contributed by atoms with van der Waals surface area (Å²) < 4.78 is 5.25. The third-order valence-electron chi connectivity index (χ3n) is 3.25. The molecule has 1 amide bonds. The van der Waals surface area contributed by atoms with E-state index in [0.717, 1.165) is 0 Å². The van der Waals surface area contributed by atoms with Gasteiger partial charge < -0.3 is 15.2 Å². The summed E-state index contributed by atoms with van der Waals surface area (Å²) in [5.41, 5.74) is 1.24. The Morgan fingerprint density at radius 3 is 2.85 bits per heavy atom. The summed E-state index contributed by atoms with van der Waals surface area (Å²) in [5.74, 6) is -0.976. The molecule has 0 spiro atoms. The van der Waals surface area contributed by atoms with Gasteiger partial charge >= 0.3 is 5.97 Å². The smallest absolute Gasteiger partial charge is 0.341 e. The summed E-state index contributed by atoms with van der Waals surface area (Å²) >= 11 is 7.12. The zero-order valence-electron chi connectivity index (χ0n) is 13.3. The molecule has 0 radical (unpaired) electrons. The van der Waals surface area contributed by atoms with Crippen LogP contribution in [0.4, 0.5) is 5.69 Å². The normalized spacial score (nSPS) is 16.7. The maximum absolute atomic E-state index is 12.2. The van der Waals surface area contributed by atoms with Crippen molar-refractivity contribution in [2.75, 3.05) is 6.61 Å². The Labute approximate surface area is 158 Å². The minimum absolute atomic E-state index is 0.288. The van der Waals surface area contributed by atoms with Crippen molar-refractivity contribution < 1.29 is 19.4 Å². The lowest BCUT2D eigenvalue weighted by Gasteiger charge is -2.06. The van der Waals surface area contributed by atoms with Crippen LogP contribution >= 0.6 is 23.4 Å². The lowest BCUT2D eigenvalue weighted by molar-refractivity contribution is -0.139. The van der Waals surface area contributed by atoms with Crippen LogP contribution in [0.2, 0.25) is 5.02 Å². The van der Waals surface area contributed by atoms with Gasteiger partial charge in [0.2, 0.25) is 0 Å². The number of aliphatic carboxylic acids is 1. The van der Waals surface area contributed by atoms with Gasteiger partial charge in [0, 0.05) is 10.6 Å². The highest BCUT2D eigenvalue weighted by Gasteiger charge is 2.24. The summed E-state index contributed by atoms with van der Waals surface area (Å²) in [6.07, 6.45) is 1.64. The van der Waals surface area contributed by atoms with Gasteiger partial charge in [-0.1, -0.05) is 35.9 Å². The first-order valence-electron chi connectivity index (χ1n) is 7.50. The largest absolute Gasteiger partial charge is 0.481 e. The van der Waals surface area contributed by atoms with Gasteiger partial charge in [-0.05, 0) is 42.1 Å². The van der Waals surface area contributed by atoms with E-state index in [9.17, 15) is 9.59 Å². The van der Waals surface area contributed by atoms with E-state index in [1.54, 1.807) is 54.6 Å². The van der Waals surface area contributed by atoms with Crippen LogP contribution in [-0.2, 0) is 9.59 Å². The number of carbonyl (C=O) groups excluding carboxylic acids is 1. The van der Waals surface area contributed by atoms with E-state index in [2.05, 4.69) is 10.3 Å². The minimum Gasteiger partial charge on any atom is -0.481 e. The average Bonchev–Trinajstić information content (AvgIpc) is 2.93. The number of thioether (sulfide) groups is 1. The topological polar surface area (TPSA) is 88.0 Å². The number of hydrogen-bond donors (Lipinski definition) is 2. The van der Waals surface area contributed by atoms with E-state index in [4.69, 9.17) is 21.4 Å². The number of nitrogens with zero attached hydrogens (tertiary/aromatic N) is 1. The lowest BCUT2D eigenvalue weighted by Crippen LogP contribution is -2.19. The van der Waals surface area contributed by atoms with Gasteiger partial charge in [0.25, 0.3) is 5.91 Å². The molecule has 0 saturated carbocycles. The number of hydrogen-bond acceptors (Lipinski definition) is 5. The molecule has 8 heteroatoms. The quantitative estimate of drug-likeness (QED) is 0.762. The average molecular weight is 389 g/mol. The summed E-state index contributed by atoms with van der Waals surface area (Å²) in [5, 5.41) is 12.4. The molecule has 1 fully saturated rings. The molecule has 2 N–H and O–H groups in total. The zero-order chi connectivity index (χ0) is 18.5. The fourth-order valence-electron chi connectivity index (χ4n) is 2.16. The number of aliphatic imine (C=N–C) groups is 1. The highest BCUT2D eigenvalue weighted by molar-refractivity contribution is 8.18. The summed E-state index contributed by atoms with van der Waals surface area (Å²) in [7, 11) is 0. The maximum atomic E-state index is 12.2. The van der Waals surface area contributed by atoms with Crippen LogP contribution in [0.1, 0.15) is 5.56 Å². The van der Waals surface area contributed by atoms with Gasteiger partial charge in [-0.15, -0.1) is 0 Å². The van der Waals surface area contributed by atoms with E-state index in [0.29, 0.717) is 32.1 Å². The molecule has 1 heterocycles. The highest BCUT2D eigenvalue weighted by Crippen LogP contribution is 2.31.